The van der Waals surface area contributed by atoms with Crippen molar-refractivity contribution in [1.82, 2.24) is 0 Å². The molecule has 0 N–H and O–H groups in total. The van der Waals surface area contributed by atoms with Gasteiger partial charge >= 0.3 is 0 Å². The molecule has 3 saturated carbocycles. The first-order chi connectivity index (χ1) is 12.9. The molecule has 4 rings (SSSR count). The van der Waals surface area contributed by atoms with Crippen LogP contribution in [0.4, 0.5) is 0 Å². The Morgan fingerprint density at radius 2 is 1.63 bits per heavy atom. The number of allylic oxidation sites excluding steroid dienone is 2. The first-order valence-corrected chi connectivity index (χ1v) is 12.5. The topological polar surface area (TPSA) is 0 Å². The minimum absolute atomic E-state index is 0.625. The molecule has 154 valence electrons. The molecule has 0 bridgehead atoms. The Kier molecular flexibility index (Phi) is 5.59. The van der Waals surface area contributed by atoms with E-state index < -0.39 is 0 Å². The lowest BCUT2D eigenvalue weighted by molar-refractivity contribution is -0.101. The van der Waals surface area contributed by atoms with E-state index in [1.165, 1.54) is 57.8 Å². The SMILES string of the molecule is CC(C)CCCC(C)C1CCC2C3CCC4CC=CCC4(C)C3CCC12C. The molecule has 0 nitrogen and oxygen atoms in total. The fourth-order valence-electron chi connectivity index (χ4n) is 8.86. The largest absolute Gasteiger partial charge is 0.0882 e. The molecule has 8 unspecified atom stereocenters. The van der Waals surface area contributed by atoms with Crippen LogP contribution in [0, 0.1) is 52.3 Å². The first kappa shape index (κ1) is 20.0. The van der Waals surface area contributed by atoms with Crippen molar-refractivity contribution in [1.29, 1.82) is 0 Å². The average molecular weight is 371 g/mol. The molecule has 4 aliphatic rings. The van der Waals surface area contributed by atoms with Crippen LogP contribution in [0.2, 0.25) is 0 Å². The monoisotopic (exact) mass is 370 g/mol. The van der Waals surface area contributed by atoms with Crippen LogP contribution < -0.4 is 0 Å². The smallest absolute Gasteiger partial charge is 0.0229 e. The van der Waals surface area contributed by atoms with E-state index >= 15 is 0 Å². The van der Waals surface area contributed by atoms with Crippen molar-refractivity contribution in [2.45, 2.75) is 105 Å². The van der Waals surface area contributed by atoms with Crippen molar-refractivity contribution < 1.29 is 0 Å². The maximum Gasteiger partial charge on any atom is -0.0229 e. The summed E-state index contributed by atoms with van der Waals surface area (Å²) in [6.45, 7) is 12.8. The summed E-state index contributed by atoms with van der Waals surface area (Å²) in [5.41, 5.74) is 1.28. The van der Waals surface area contributed by atoms with E-state index in [9.17, 15) is 0 Å². The van der Waals surface area contributed by atoms with Gasteiger partial charge < -0.3 is 0 Å². The van der Waals surface area contributed by atoms with Crippen molar-refractivity contribution in [3.05, 3.63) is 12.2 Å². The molecule has 0 aromatic carbocycles. The standard InChI is InChI=1S/C27H46/c1-19(2)9-8-10-20(3)23-14-15-24-22-13-12-21-11-6-7-17-26(21,4)25(22)16-18-27(23,24)5/h6-7,19-25H,8-18H2,1-5H3. The third kappa shape index (κ3) is 3.36. The van der Waals surface area contributed by atoms with Gasteiger partial charge in [-0.05, 0) is 104 Å². The maximum absolute atomic E-state index is 2.74. The zero-order chi connectivity index (χ0) is 19.2. The van der Waals surface area contributed by atoms with Crippen LogP contribution in [0.25, 0.3) is 0 Å². The minimum Gasteiger partial charge on any atom is -0.0882 e. The van der Waals surface area contributed by atoms with Crippen molar-refractivity contribution in [2.24, 2.45) is 52.3 Å². The van der Waals surface area contributed by atoms with Crippen molar-refractivity contribution >= 4 is 0 Å². The van der Waals surface area contributed by atoms with Crippen LogP contribution in [0.1, 0.15) is 105 Å². The van der Waals surface area contributed by atoms with Crippen molar-refractivity contribution in [3.8, 4) is 0 Å². The van der Waals surface area contributed by atoms with Gasteiger partial charge in [0.2, 0.25) is 0 Å². The van der Waals surface area contributed by atoms with Crippen LogP contribution in [0.3, 0.4) is 0 Å². The Hall–Kier alpha value is -0.260. The second-order valence-electron chi connectivity index (χ2n) is 12.1. The second kappa shape index (κ2) is 7.53. The summed E-state index contributed by atoms with van der Waals surface area (Å²) in [4.78, 5) is 0. The predicted molar refractivity (Wildman–Crippen MR) is 118 cm³/mol. The first-order valence-electron chi connectivity index (χ1n) is 12.5. The van der Waals surface area contributed by atoms with Gasteiger partial charge in [0.15, 0.2) is 0 Å². The Balaban J connectivity index is 1.47. The molecule has 4 aliphatic carbocycles. The number of hydrogen-bond donors (Lipinski definition) is 0. The van der Waals surface area contributed by atoms with Crippen LogP contribution in [0.15, 0.2) is 12.2 Å². The second-order valence-corrected chi connectivity index (χ2v) is 12.1. The van der Waals surface area contributed by atoms with Gasteiger partial charge in [0.25, 0.3) is 0 Å². The zero-order valence-electron chi connectivity index (χ0n) is 19.0. The van der Waals surface area contributed by atoms with Gasteiger partial charge in [-0.15, -0.1) is 0 Å². The highest BCUT2D eigenvalue weighted by atomic mass is 14.6. The molecule has 0 heterocycles. The quantitative estimate of drug-likeness (QED) is 0.427. The Labute approximate surface area is 170 Å². The predicted octanol–water partition coefficient (Wildman–Crippen LogP) is 8.27. The van der Waals surface area contributed by atoms with E-state index in [0.29, 0.717) is 10.8 Å². The number of hydrogen-bond acceptors (Lipinski definition) is 0. The van der Waals surface area contributed by atoms with E-state index in [4.69, 9.17) is 0 Å². The fraction of sp³-hybridized carbons (Fsp3) is 0.926. The molecule has 0 aliphatic heterocycles. The summed E-state index contributed by atoms with van der Waals surface area (Å²) in [6, 6.07) is 0. The summed E-state index contributed by atoms with van der Waals surface area (Å²) < 4.78 is 0. The van der Waals surface area contributed by atoms with Gasteiger partial charge in [0, 0.05) is 0 Å². The molecule has 0 heteroatoms. The summed E-state index contributed by atoms with van der Waals surface area (Å²) in [6.07, 6.45) is 21.3. The summed E-state index contributed by atoms with van der Waals surface area (Å²) in [7, 11) is 0. The summed E-state index contributed by atoms with van der Waals surface area (Å²) >= 11 is 0. The third-order valence-corrected chi connectivity index (χ3v) is 10.4. The van der Waals surface area contributed by atoms with Gasteiger partial charge in [-0.1, -0.05) is 66.0 Å². The molecular weight excluding hydrogens is 324 g/mol. The van der Waals surface area contributed by atoms with Crippen LogP contribution in [-0.4, -0.2) is 0 Å². The number of fused-ring (bicyclic) bond motifs is 5. The van der Waals surface area contributed by atoms with Crippen LogP contribution >= 0.6 is 0 Å². The highest BCUT2D eigenvalue weighted by Crippen LogP contribution is 2.68. The van der Waals surface area contributed by atoms with E-state index in [1.54, 1.807) is 12.8 Å². The lowest BCUT2D eigenvalue weighted by atomic mass is 9.45. The lowest BCUT2D eigenvalue weighted by Gasteiger charge is -2.60. The van der Waals surface area contributed by atoms with Gasteiger partial charge in [0.1, 0.15) is 0 Å². The molecule has 8 atom stereocenters. The Morgan fingerprint density at radius 1 is 0.852 bits per heavy atom. The highest BCUT2D eigenvalue weighted by Gasteiger charge is 2.59. The van der Waals surface area contributed by atoms with Crippen LogP contribution in [-0.2, 0) is 0 Å². The molecule has 0 aromatic heterocycles. The third-order valence-electron chi connectivity index (χ3n) is 10.4. The molecule has 3 fully saturated rings. The molecule has 0 radical (unpaired) electrons. The van der Waals surface area contributed by atoms with Gasteiger partial charge in [-0.3, -0.25) is 0 Å². The molecular formula is C27H46. The molecule has 0 spiro atoms. The Bertz CT molecular complexity index is 544. The number of rotatable bonds is 5. The van der Waals surface area contributed by atoms with E-state index in [2.05, 4.69) is 46.8 Å². The van der Waals surface area contributed by atoms with E-state index in [-0.39, 0.29) is 0 Å². The lowest BCUT2D eigenvalue weighted by Crippen LogP contribution is -2.52. The Morgan fingerprint density at radius 3 is 2.41 bits per heavy atom. The normalized spacial score (nSPS) is 47.4. The van der Waals surface area contributed by atoms with E-state index in [1.807, 2.05) is 0 Å². The van der Waals surface area contributed by atoms with Gasteiger partial charge in [-0.25, -0.2) is 0 Å². The minimum atomic E-state index is 0.625. The van der Waals surface area contributed by atoms with Crippen molar-refractivity contribution in [2.75, 3.05) is 0 Å². The van der Waals surface area contributed by atoms with E-state index in [0.717, 1.165) is 41.4 Å². The molecule has 0 saturated heterocycles. The highest BCUT2D eigenvalue weighted by molar-refractivity contribution is 5.12. The van der Waals surface area contributed by atoms with Crippen LogP contribution in [0.5, 0.6) is 0 Å². The van der Waals surface area contributed by atoms with Gasteiger partial charge in [0.05, 0.1) is 0 Å². The van der Waals surface area contributed by atoms with Crippen molar-refractivity contribution in [3.63, 3.8) is 0 Å². The zero-order valence-corrected chi connectivity index (χ0v) is 19.0. The average Bonchev–Trinajstić information content (AvgIpc) is 2.98. The molecule has 27 heavy (non-hydrogen) atoms. The summed E-state index contributed by atoms with van der Waals surface area (Å²) in [5, 5.41) is 0. The molecule has 0 aromatic rings. The maximum atomic E-state index is 2.74. The van der Waals surface area contributed by atoms with Gasteiger partial charge in [-0.2, -0.15) is 0 Å². The fourth-order valence-corrected chi connectivity index (χ4v) is 8.86. The molecule has 0 amide bonds. The summed E-state index contributed by atoms with van der Waals surface area (Å²) in [5.74, 6) is 6.92.